The molecule has 0 aliphatic heterocycles. The van der Waals surface area contributed by atoms with Crippen molar-refractivity contribution in [2.24, 2.45) is 11.7 Å². The first kappa shape index (κ1) is 12.6. The summed E-state index contributed by atoms with van der Waals surface area (Å²) in [7, 11) is 0. The Bertz CT molecular complexity index is 563. The Hall–Kier alpha value is -1.41. The molecule has 2 nitrogen and oxygen atoms in total. The Labute approximate surface area is 115 Å². The summed E-state index contributed by atoms with van der Waals surface area (Å²) in [6.07, 6.45) is 7.81. The van der Waals surface area contributed by atoms with E-state index in [0.717, 1.165) is 24.3 Å². The molecular weight excluding hydrogens is 232 g/mol. The van der Waals surface area contributed by atoms with Crippen LogP contribution in [0.4, 0.5) is 0 Å². The van der Waals surface area contributed by atoms with Crippen molar-refractivity contribution in [3.8, 4) is 0 Å². The van der Waals surface area contributed by atoms with E-state index in [9.17, 15) is 0 Å². The van der Waals surface area contributed by atoms with Gasteiger partial charge in [-0.2, -0.15) is 0 Å². The van der Waals surface area contributed by atoms with E-state index in [1.807, 2.05) is 12.3 Å². The highest BCUT2D eigenvalue weighted by Crippen LogP contribution is 2.40. The lowest BCUT2D eigenvalue weighted by Gasteiger charge is -2.37. The van der Waals surface area contributed by atoms with Crippen LogP contribution in [0, 0.1) is 5.92 Å². The highest BCUT2D eigenvalue weighted by molar-refractivity contribution is 5.82. The van der Waals surface area contributed by atoms with Crippen molar-refractivity contribution >= 4 is 10.9 Å². The van der Waals surface area contributed by atoms with Crippen LogP contribution in [-0.4, -0.2) is 4.98 Å². The molecule has 2 heteroatoms. The first-order valence-corrected chi connectivity index (χ1v) is 7.36. The molecule has 1 aliphatic carbocycles. The number of para-hydroxylation sites is 1. The maximum atomic E-state index is 6.72. The number of hydrogen-bond donors (Lipinski definition) is 1. The van der Waals surface area contributed by atoms with Crippen molar-refractivity contribution in [3.63, 3.8) is 0 Å². The van der Waals surface area contributed by atoms with E-state index in [4.69, 9.17) is 5.73 Å². The maximum absolute atomic E-state index is 6.72. The van der Waals surface area contributed by atoms with Crippen LogP contribution in [0.3, 0.4) is 0 Å². The Morgan fingerprint density at radius 1 is 1.21 bits per heavy atom. The maximum Gasteiger partial charge on any atom is 0.0752 e. The quantitative estimate of drug-likeness (QED) is 0.880. The predicted molar refractivity (Wildman–Crippen MR) is 79.9 cm³/mol. The minimum atomic E-state index is -0.181. The van der Waals surface area contributed by atoms with Crippen LogP contribution >= 0.6 is 0 Å². The van der Waals surface area contributed by atoms with Crippen LogP contribution in [0.1, 0.15) is 44.6 Å². The molecule has 3 rings (SSSR count). The molecule has 0 spiro atoms. The summed E-state index contributed by atoms with van der Waals surface area (Å²) < 4.78 is 0. The van der Waals surface area contributed by atoms with Crippen molar-refractivity contribution in [2.75, 3.05) is 0 Å². The second kappa shape index (κ2) is 4.93. The molecule has 1 aromatic carbocycles. The van der Waals surface area contributed by atoms with Gasteiger partial charge >= 0.3 is 0 Å². The lowest BCUT2D eigenvalue weighted by molar-refractivity contribution is 0.233. The molecule has 1 heterocycles. The minimum absolute atomic E-state index is 0.181. The SMILES string of the molecule is CCC1CCC(N)(c2cccc3cccnc23)CC1. The van der Waals surface area contributed by atoms with E-state index in [1.54, 1.807) is 0 Å². The second-order valence-corrected chi connectivity index (χ2v) is 5.89. The van der Waals surface area contributed by atoms with Crippen molar-refractivity contribution in [1.29, 1.82) is 0 Å². The topological polar surface area (TPSA) is 38.9 Å². The van der Waals surface area contributed by atoms with Gasteiger partial charge in [0.2, 0.25) is 0 Å². The van der Waals surface area contributed by atoms with Gasteiger partial charge in [-0.25, -0.2) is 0 Å². The summed E-state index contributed by atoms with van der Waals surface area (Å²) >= 11 is 0. The van der Waals surface area contributed by atoms with Crippen molar-refractivity contribution in [3.05, 3.63) is 42.1 Å². The summed E-state index contributed by atoms with van der Waals surface area (Å²) in [5, 5.41) is 1.20. The average molecular weight is 254 g/mol. The normalized spacial score (nSPS) is 27.6. The molecule has 0 bridgehead atoms. The molecule has 1 aromatic heterocycles. The lowest BCUT2D eigenvalue weighted by atomic mass is 9.72. The molecule has 1 fully saturated rings. The van der Waals surface area contributed by atoms with Crippen LogP contribution in [0.5, 0.6) is 0 Å². The molecule has 0 amide bonds. The van der Waals surface area contributed by atoms with Gasteiger partial charge in [-0.1, -0.05) is 37.6 Å². The van der Waals surface area contributed by atoms with Gasteiger partial charge in [-0.05, 0) is 43.2 Å². The van der Waals surface area contributed by atoms with Crippen LogP contribution in [0.25, 0.3) is 10.9 Å². The van der Waals surface area contributed by atoms with Crippen LogP contribution in [0.15, 0.2) is 36.5 Å². The zero-order valence-electron chi connectivity index (χ0n) is 11.6. The summed E-state index contributed by atoms with van der Waals surface area (Å²) in [6, 6.07) is 10.5. The number of nitrogens with two attached hydrogens (primary N) is 1. The third-order valence-electron chi connectivity index (χ3n) is 4.74. The molecule has 1 aliphatic rings. The second-order valence-electron chi connectivity index (χ2n) is 5.89. The summed E-state index contributed by atoms with van der Waals surface area (Å²) in [5.41, 5.74) is 8.86. The number of fused-ring (bicyclic) bond motifs is 1. The largest absolute Gasteiger partial charge is 0.321 e. The van der Waals surface area contributed by atoms with Gasteiger partial charge in [0.25, 0.3) is 0 Å². The summed E-state index contributed by atoms with van der Waals surface area (Å²) in [5.74, 6) is 0.861. The number of rotatable bonds is 2. The highest BCUT2D eigenvalue weighted by Gasteiger charge is 2.34. The molecule has 2 N–H and O–H groups in total. The Balaban J connectivity index is 2.00. The van der Waals surface area contributed by atoms with Gasteiger partial charge in [0.1, 0.15) is 0 Å². The first-order chi connectivity index (χ1) is 9.23. The molecular formula is C17H22N2. The summed E-state index contributed by atoms with van der Waals surface area (Å²) in [4.78, 5) is 4.56. The van der Waals surface area contributed by atoms with Crippen LogP contribution < -0.4 is 5.73 Å². The standard InChI is InChI=1S/C17H22N2/c1-2-13-8-10-17(18,11-9-13)15-7-3-5-14-6-4-12-19-16(14)15/h3-7,12-13H,2,8-11,18H2,1H3. The Morgan fingerprint density at radius 3 is 2.68 bits per heavy atom. The summed E-state index contributed by atoms with van der Waals surface area (Å²) in [6.45, 7) is 2.29. The van der Waals surface area contributed by atoms with E-state index in [0.29, 0.717) is 0 Å². The lowest BCUT2D eigenvalue weighted by Crippen LogP contribution is -2.40. The molecule has 0 atom stereocenters. The van der Waals surface area contributed by atoms with Gasteiger partial charge in [-0.3, -0.25) is 4.98 Å². The highest BCUT2D eigenvalue weighted by atomic mass is 14.8. The van der Waals surface area contributed by atoms with Crippen LogP contribution in [0.2, 0.25) is 0 Å². The monoisotopic (exact) mass is 254 g/mol. The zero-order chi connectivity index (χ0) is 13.3. The van der Waals surface area contributed by atoms with Gasteiger partial charge in [0, 0.05) is 17.1 Å². The van der Waals surface area contributed by atoms with E-state index in [-0.39, 0.29) is 5.54 Å². The van der Waals surface area contributed by atoms with E-state index in [2.05, 4.69) is 36.2 Å². The molecule has 2 aromatic rings. The third kappa shape index (κ3) is 2.25. The first-order valence-electron chi connectivity index (χ1n) is 7.36. The van der Waals surface area contributed by atoms with Crippen molar-refractivity contribution < 1.29 is 0 Å². The van der Waals surface area contributed by atoms with Gasteiger partial charge < -0.3 is 5.73 Å². The predicted octanol–water partition coefficient (Wildman–Crippen LogP) is 3.99. The van der Waals surface area contributed by atoms with Crippen LogP contribution in [-0.2, 0) is 5.54 Å². The molecule has 1 saturated carbocycles. The van der Waals surface area contributed by atoms with Gasteiger partial charge in [0.15, 0.2) is 0 Å². The number of benzene rings is 1. The smallest absolute Gasteiger partial charge is 0.0752 e. The van der Waals surface area contributed by atoms with Crippen molar-refractivity contribution in [1.82, 2.24) is 4.98 Å². The van der Waals surface area contributed by atoms with E-state index >= 15 is 0 Å². The third-order valence-corrected chi connectivity index (χ3v) is 4.74. The van der Waals surface area contributed by atoms with E-state index < -0.39 is 0 Å². The molecule has 0 unspecified atom stereocenters. The fourth-order valence-corrected chi connectivity index (χ4v) is 3.38. The van der Waals surface area contributed by atoms with E-state index in [1.165, 1.54) is 30.2 Å². The molecule has 0 saturated heterocycles. The van der Waals surface area contributed by atoms with Gasteiger partial charge in [0.05, 0.1) is 5.52 Å². The minimum Gasteiger partial charge on any atom is -0.321 e. The number of aromatic nitrogens is 1. The van der Waals surface area contributed by atoms with Gasteiger partial charge in [-0.15, -0.1) is 0 Å². The van der Waals surface area contributed by atoms with Crippen molar-refractivity contribution in [2.45, 2.75) is 44.6 Å². The number of nitrogens with zero attached hydrogens (tertiary/aromatic N) is 1. The number of hydrogen-bond acceptors (Lipinski definition) is 2. The molecule has 19 heavy (non-hydrogen) atoms. The Kier molecular flexibility index (Phi) is 3.28. The molecule has 0 radical (unpaired) electrons. The molecule has 100 valence electrons. The zero-order valence-corrected chi connectivity index (χ0v) is 11.6. The Morgan fingerprint density at radius 2 is 1.95 bits per heavy atom. The fourth-order valence-electron chi connectivity index (χ4n) is 3.38. The fraction of sp³-hybridized carbons (Fsp3) is 0.471. The number of pyridine rings is 1. The average Bonchev–Trinajstić information content (AvgIpc) is 2.47.